The Labute approximate surface area is 94.4 Å². The fraction of sp³-hybridized carbons (Fsp3) is 0. The van der Waals surface area contributed by atoms with E-state index in [0.29, 0.717) is 0 Å². The van der Waals surface area contributed by atoms with Gasteiger partial charge < -0.3 is 5.21 Å². The van der Waals surface area contributed by atoms with Crippen LogP contribution >= 0.6 is 0 Å². The monoisotopic (exact) mass is 241 g/mol. The van der Waals surface area contributed by atoms with Crippen LogP contribution < -0.4 is 11.5 Å². The van der Waals surface area contributed by atoms with Crippen molar-refractivity contribution >= 4 is 17.9 Å². The Kier molecular flexibility index (Phi) is 3.55. The number of nitro groups is 1. The summed E-state index contributed by atoms with van der Waals surface area (Å²) in [4.78, 5) is 9.59. The third-order valence-corrected chi connectivity index (χ3v) is 1.71. The Morgan fingerprint density at radius 2 is 2.06 bits per heavy atom. The van der Waals surface area contributed by atoms with Gasteiger partial charge in [-0.2, -0.15) is 0 Å². The first-order valence-corrected chi connectivity index (χ1v) is 4.25. The summed E-state index contributed by atoms with van der Waals surface area (Å²) >= 11 is 0. The predicted molar refractivity (Wildman–Crippen MR) is 57.7 cm³/mol. The van der Waals surface area contributed by atoms with Crippen LogP contribution in [0.1, 0.15) is 5.56 Å². The van der Waals surface area contributed by atoms with Gasteiger partial charge >= 0.3 is 5.96 Å². The Bertz CT molecular complexity index is 510. The zero-order valence-corrected chi connectivity index (χ0v) is 8.41. The molecule has 17 heavy (non-hydrogen) atoms. The first-order valence-electron chi connectivity index (χ1n) is 4.25. The molecular weight excluding hydrogens is 233 g/mol. The molecule has 0 saturated heterocycles. The van der Waals surface area contributed by atoms with Gasteiger partial charge in [-0.3, -0.25) is 21.6 Å². The molecular formula is C8H8FN5O3. The predicted octanol–water partition coefficient (Wildman–Crippen LogP) is -0.148. The van der Waals surface area contributed by atoms with E-state index < -0.39 is 16.7 Å². The van der Waals surface area contributed by atoms with E-state index >= 15 is 0 Å². The van der Waals surface area contributed by atoms with E-state index in [4.69, 9.17) is 11.5 Å². The molecule has 0 amide bonds. The minimum absolute atomic E-state index is 0.141. The van der Waals surface area contributed by atoms with Gasteiger partial charge in [-0.1, -0.05) is 0 Å². The van der Waals surface area contributed by atoms with Crippen LogP contribution in [-0.2, 0) is 0 Å². The van der Waals surface area contributed by atoms with Crippen molar-refractivity contribution < 1.29 is 14.2 Å². The quantitative estimate of drug-likeness (QED) is 0.189. The van der Waals surface area contributed by atoms with Crippen LogP contribution in [0.15, 0.2) is 23.3 Å². The maximum absolute atomic E-state index is 13.2. The molecule has 0 aliphatic rings. The summed E-state index contributed by atoms with van der Waals surface area (Å²) < 4.78 is 13.2. The van der Waals surface area contributed by atoms with E-state index in [-0.39, 0.29) is 16.1 Å². The normalized spacial score (nSPS) is 10.4. The van der Waals surface area contributed by atoms with E-state index in [2.05, 4.69) is 5.10 Å². The first-order chi connectivity index (χ1) is 7.91. The highest BCUT2D eigenvalue weighted by Gasteiger charge is 2.09. The van der Waals surface area contributed by atoms with Gasteiger partial charge in [0.05, 0.1) is 11.1 Å². The Morgan fingerprint density at radius 1 is 1.41 bits per heavy atom. The van der Waals surface area contributed by atoms with Crippen molar-refractivity contribution in [1.82, 2.24) is 0 Å². The number of halogens is 1. The van der Waals surface area contributed by atoms with Gasteiger partial charge in [-0.25, -0.2) is 4.39 Å². The summed E-state index contributed by atoms with van der Waals surface area (Å²) in [7, 11) is 0. The molecule has 1 rings (SSSR count). The SMILES string of the molecule is NC(N)=[N+]([O-])N=Cc1cc([N+](=O)[O-])ccc1F. The van der Waals surface area contributed by atoms with Gasteiger partial charge in [-0.15, -0.1) is 9.95 Å². The van der Waals surface area contributed by atoms with Crippen LogP contribution in [0.4, 0.5) is 10.1 Å². The summed E-state index contributed by atoms with van der Waals surface area (Å²) in [5.74, 6) is -1.39. The van der Waals surface area contributed by atoms with Crippen molar-refractivity contribution in [2.45, 2.75) is 0 Å². The third kappa shape index (κ3) is 3.12. The summed E-state index contributed by atoms with van der Waals surface area (Å²) in [5, 5.41) is 24.4. The van der Waals surface area contributed by atoms with Crippen molar-refractivity contribution in [3.8, 4) is 0 Å². The van der Waals surface area contributed by atoms with Gasteiger partial charge in [-0.05, 0) is 6.07 Å². The van der Waals surface area contributed by atoms with Crippen molar-refractivity contribution in [3.05, 3.63) is 44.9 Å². The number of benzene rings is 1. The molecule has 4 N–H and O–H groups in total. The number of nitro benzene ring substituents is 1. The van der Waals surface area contributed by atoms with Crippen molar-refractivity contribution in [2.24, 2.45) is 16.6 Å². The largest absolute Gasteiger partial charge is 0.722 e. The van der Waals surface area contributed by atoms with Gasteiger partial charge in [0, 0.05) is 17.7 Å². The van der Waals surface area contributed by atoms with Gasteiger partial charge in [0.2, 0.25) is 0 Å². The second-order valence-electron chi connectivity index (χ2n) is 2.91. The van der Waals surface area contributed by atoms with E-state index in [1.165, 1.54) is 0 Å². The molecule has 90 valence electrons. The smallest absolute Gasteiger partial charge is 0.366 e. The number of guanidine groups is 1. The minimum Gasteiger partial charge on any atom is -0.722 e. The van der Waals surface area contributed by atoms with Crippen LogP contribution in [0.3, 0.4) is 0 Å². The molecule has 0 aromatic heterocycles. The molecule has 8 nitrogen and oxygen atoms in total. The maximum Gasteiger partial charge on any atom is 0.366 e. The van der Waals surface area contributed by atoms with Gasteiger partial charge in [0.1, 0.15) is 5.82 Å². The molecule has 0 heterocycles. The van der Waals surface area contributed by atoms with E-state index in [0.717, 1.165) is 24.4 Å². The van der Waals surface area contributed by atoms with Crippen LogP contribution in [0, 0.1) is 21.1 Å². The number of hydrogen-bond acceptors (Lipinski definition) is 4. The molecule has 0 spiro atoms. The topological polar surface area (TPSA) is 134 Å². The summed E-state index contributed by atoms with van der Waals surface area (Å²) in [6, 6.07) is 2.81. The van der Waals surface area contributed by atoms with Crippen LogP contribution in [0.25, 0.3) is 0 Å². The molecule has 0 saturated carbocycles. The average Bonchev–Trinajstić information content (AvgIpc) is 2.26. The number of hydrazone groups is 1. The molecule has 1 aromatic carbocycles. The molecule has 0 fully saturated rings. The zero-order chi connectivity index (χ0) is 13.0. The van der Waals surface area contributed by atoms with Crippen LogP contribution in [0.5, 0.6) is 0 Å². The van der Waals surface area contributed by atoms with E-state index in [1.54, 1.807) is 0 Å². The molecule has 0 unspecified atom stereocenters. The second kappa shape index (κ2) is 4.88. The average molecular weight is 241 g/mol. The van der Waals surface area contributed by atoms with E-state index in [1.807, 2.05) is 0 Å². The lowest BCUT2D eigenvalue weighted by Crippen LogP contribution is -2.30. The summed E-state index contributed by atoms with van der Waals surface area (Å²) in [5.41, 5.74) is 9.27. The fourth-order valence-electron chi connectivity index (χ4n) is 0.925. The standard InChI is InChI=1S/C8H8FN5O3/c9-7-2-1-6(14(16)17)3-5(7)4-12-13(15)8(10)11/h1-4H,10-11H2. The van der Waals surface area contributed by atoms with Crippen LogP contribution in [0.2, 0.25) is 0 Å². The van der Waals surface area contributed by atoms with Crippen molar-refractivity contribution in [3.63, 3.8) is 0 Å². The van der Waals surface area contributed by atoms with Crippen molar-refractivity contribution in [1.29, 1.82) is 0 Å². The lowest BCUT2D eigenvalue weighted by atomic mass is 10.2. The molecule has 0 atom stereocenters. The molecule has 9 heteroatoms. The van der Waals surface area contributed by atoms with Crippen molar-refractivity contribution in [2.75, 3.05) is 0 Å². The number of nitrogens with zero attached hydrogens (tertiary/aromatic N) is 3. The first kappa shape index (κ1) is 12.4. The second-order valence-corrected chi connectivity index (χ2v) is 2.91. The Morgan fingerprint density at radius 3 is 2.59 bits per heavy atom. The molecule has 0 radical (unpaired) electrons. The number of rotatable bonds is 3. The summed E-state index contributed by atoms with van der Waals surface area (Å²) in [6.45, 7) is 0. The third-order valence-electron chi connectivity index (χ3n) is 1.71. The Balaban J connectivity index is 3.10. The number of non-ortho nitro benzene ring substituents is 1. The number of nitrogens with two attached hydrogens (primary N) is 2. The fourth-order valence-corrected chi connectivity index (χ4v) is 0.925. The highest BCUT2D eigenvalue weighted by Crippen LogP contribution is 2.15. The summed E-state index contributed by atoms with van der Waals surface area (Å²) in [6.07, 6.45) is 0.787. The molecule has 0 aliphatic heterocycles. The van der Waals surface area contributed by atoms with Gasteiger partial charge in [0.15, 0.2) is 0 Å². The lowest BCUT2D eigenvalue weighted by molar-refractivity contribution is -0.463. The Hall–Kier alpha value is -2.71. The lowest BCUT2D eigenvalue weighted by Gasteiger charge is -2.02. The highest BCUT2D eigenvalue weighted by molar-refractivity contribution is 5.81. The molecule has 1 aromatic rings. The van der Waals surface area contributed by atoms with Crippen LogP contribution in [-0.4, -0.2) is 21.9 Å². The minimum atomic E-state index is -0.761. The van der Waals surface area contributed by atoms with E-state index in [9.17, 15) is 19.7 Å². The molecule has 0 aliphatic carbocycles. The number of hydrogen-bond donors (Lipinski definition) is 2. The molecule has 0 bridgehead atoms. The maximum atomic E-state index is 13.2. The highest BCUT2D eigenvalue weighted by atomic mass is 19.1. The van der Waals surface area contributed by atoms with Gasteiger partial charge in [0.25, 0.3) is 5.69 Å². The zero-order valence-electron chi connectivity index (χ0n) is 8.41.